The first-order chi connectivity index (χ1) is 15.0. The number of nitrogens with one attached hydrogen (secondary N) is 2. The molecule has 4 aromatic rings. The van der Waals surface area contributed by atoms with Gasteiger partial charge >= 0.3 is 0 Å². The maximum Gasteiger partial charge on any atom is 0.221 e. The minimum atomic E-state index is -0.131. The van der Waals surface area contributed by atoms with Crippen LogP contribution in [0.15, 0.2) is 48.5 Å². The smallest absolute Gasteiger partial charge is 0.221 e. The molecule has 7 heteroatoms. The summed E-state index contributed by atoms with van der Waals surface area (Å²) in [6.07, 6.45) is 0.839. The lowest BCUT2D eigenvalue weighted by Gasteiger charge is -2.18. The third kappa shape index (κ3) is 3.65. The van der Waals surface area contributed by atoms with E-state index in [0.717, 1.165) is 33.7 Å². The van der Waals surface area contributed by atoms with Gasteiger partial charge in [0, 0.05) is 24.7 Å². The number of hydrogen-bond acceptors (Lipinski definition) is 5. The highest BCUT2D eigenvalue weighted by Gasteiger charge is 2.20. The van der Waals surface area contributed by atoms with Crippen LogP contribution in [0.4, 0.5) is 17.2 Å². The van der Waals surface area contributed by atoms with E-state index in [1.54, 1.807) is 0 Å². The van der Waals surface area contributed by atoms with Crippen molar-refractivity contribution >= 4 is 39.8 Å². The van der Waals surface area contributed by atoms with E-state index in [-0.39, 0.29) is 5.91 Å². The molecule has 0 saturated carbocycles. The lowest BCUT2D eigenvalue weighted by molar-refractivity contribution is -0.114. The van der Waals surface area contributed by atoms with Crippen LogP contribution in [0.3, 0.4) is 0 Å². The van der Waals surface area contributed by atoms with E-state index in [9.17, 15) is 15.3 Å². The van der Waals surface area contributed by atoms with Crippen molar-refractivity contribution in [2.24, 2.45) is 0 Å². The molecular weight excluding hydrogens is 388 g/mol. The Kier molecular flexibility index (Phi) is 5.26. The topological polar surface area (TPSA) is 106 Å². The van der Waals surface area contributed by atoms with E-state index in [0.29, 0.717) is 29.7 Å². The van der Waals surface area contributed by atoms with Crippen molar-refractivity contribution in [3.05, 3.63) is 65.2 Å². The van der Waals surface area contributed by atoms with Crippen LogP contribution in [0.25, 0.3) is 16.7 Å². The zero-order valence-corrected chi connectivity index (χ0v) is 17.2. The zero-order chi connectivity index (χ0) is 22.0. The van der Waals surface area contributed by atoms with Crippen LogP contribution >= 0.6 is 0 Å². The highest BCUT2D eigenvalue weighted by atomic mass is 16.1. The van der Waals surface area contributed by atoms with Crippen LogP contribution in [0.1, 0.15) is 30.0 Å². The Bertz CT molecular complexity index is 1390. The number of carbonyl (C=O) groups is 1. The van der Waals surface area contributed by atoms with Crippen molar-refractivity contribution in [1.82, 2.24) is 9.38 Å². The number of rotatable bonds is 5. The van der Waals surface area contributed by atoms with Gasteiger partial charge in [0.2, 0.25) is 5.91 Å². The molecule has 0 radical (unpaired) electrons. The summed E-state index contributed by atoms with van der Waals surface area (Å²) < 4.78 is 1.95. The molecule has 4 rings (SSSR count). The molecule has 2 aromatic heterocycles. The molecule has 2 heterocycles. The standard InChI is InChI=1S/C24H20N6O/c1-15-19(6-5-13-25)23(28-18-11-9-17(10-12-18)27-16(2)31)30-22-8-4-3-7-21(22)29-24(30)20(15)14-26/h3-4,7-12,28H,5-6H2,1-2H3,(H,27,31). The number of para-hydroxylation sites is 2. The van der Waals surface area contributed by atoms with Crippen LogP contribution in [-0.4, -0.2) is 15.3 Å². The summed E-state index contributed by atoms with van der Waals surface area (Å²) in [5.41, 5.74) is 6.00. The molecule has 0 aliphatic carbocycles. The summed E-state index contributed by atoms with van der Waals surface area (Å²) in [5, 5.41) is 25.3. The minimum Gasteiger partial charge on any atom is -0.341 e. The number of carbonyl (C=O) groups excluding carboxylic acids is 1. The summed E-state index contributed by atoms with van der Waals surface area (Å²) in [7, 11) is 0. The minimum absolute atomic E-state index is 0.131. The molecular formula is C24H20N6O. The number of nitriles is 2. The van der Waals surface area contributed by atoms with E-state index in [1.807, 2.05) is 59.9 Å². The second kappa shape index (κ2) is 8.17. The molecule has 0 atom stereocenters. The molecule has 0 saturated heterocycles. The van der Waals surface area contributed by atoms with Crippen LogP contribution in [-0.2, 0) is 11.2 Å². The molecule has 7 nitrogen and oxygen atoms in total. The van der Waals surface area contributed by atoms with E-state index >= 15 is 0 Å². The van der Waals surface area contributed by atoms with Gasteiger partial charge in [-0.05, 0) is 60.9 Å². The van der Waals surface area contributed by atoms with Gasteiger partial charge in [0.05, 0.1) is 22.7 Å². The molecule has 31 heavy (non-hydrogen) atoms. The number of imidazole rings is 1. The number of aromatic nitrogens is 2. The SMILES string of the molecule is CC(=O)Nc1ccc(Nc2c(CCC#N)c(C)c(C#N)c3nc4ccccc4n23)cc1. The fraction of sp³-hybridized carbons (Fsp3) is 0.167. The highest BCUT2D eigenvalue weighted by Crippen LogP contribution is 2.33. The Labute approximate surface area is 179 Å². The molecule has 2 N–H and O–H groups in total. The number of pyridine rings is 1. The second-order valence-electron chi connectivity index (χ2n) is 7.24. The predicted octanol–water partition coefficient (Wildman–Crippen LogP) is 4.83. The third-order valence-corrected chi connectivity index (χ3v) is 5.19. The van der Waals surface area contributed by atoms with E-state index < -0.39 is 0 Å². The normalized spacial score (nSPS) is 10.6. The summed E-state index contributed by atoms with van der Waals surface area (Å²) in [4.78, 5) is 16.0. The van der Waals surface area contributed by atoms with Crippen LogP contribution in [0, 0.1) is 29.6 Å². The molecule has 2 aromatic carbocycles. The van der Waals surface area contributed by atoms with E-state index in [1.165, 1.54) is 6.92 Å². The fourth-order valence-corrected chi connectivity index (χ4v) is 3.78. The van der Waals surface area contributed by atoms with Crippen molar-refractivity contribution in [3.8, 4) is 12.1 Å². The number of anilines is 3. The maximum absolute atomic E-state index is 11.3. The van der Waals surface area contributed by atoms with Gasteiger partial charge in [-0.3, -0.25) is 9.20 Å². The Morgan fingerprint density at radius 2 is 1.81 bits per heavy atom. The Morgan fingerprint density at radius 3 is 2.48 bits per heavy atom. The van der Waals surface area contributed by atoms with Gasteiger partial charge in [0.25, 0.3) is 0 Å². The highest BCUT2D eigenvalue weighted by molar-refractivity contribution is 5.89. The fourth-order valence-electron chi connectivity index (χ4n) is 3.78. The van der Waals surface area contributed by atoms with Crippen molar-refractivity contribution in [2.75, 3.05) is 10.6 Å². The van der Waals surface area contributed by atoms with Gasteiger partial charge < -0.3 is 10.6 Å². The Balaban J connectivity index is 1.94. The second-order valence-corrected chi connectivity index (χ2v) is 7.24. The van der Waals surface area contributed by atoms with Gasteiger partial charge in [-0.15, -0.1) is 0 Å². The molecule has 0 bridgehead atoms. The maximum atomic E-state index is 11.3. The van der Waals surface area contributed by atoms with E-state index in [2.05, 4.69) is 22.8 Å². The summed E-state index contributed by atoms with van der Waals surface area (Å²) in [6.45, 7) is 3.36. The molecule has 152 valence electrons. The van der Waals surface area contributed by atoms with Crippen molar-refractivity contribution < 1.29 is 4.79 Å². The first-order valence-electron chi connectivity index (χ1n) is 9.88. The Morgan fingerprint density at radius 1 is 1.10 bits per heavy atom. The Hall–Kier alpha value is -4.36. The monoisotopic (exact) mass is 408 g/mol. The molecule has 1 amide bonds. The zero-order valence-electron chi connectivity index (χ0n) is 17.2. The van der Waals surface area contributed by atoms with E-state index in [4.69, 9.17) is 4.98 Å². The number of hydrogen-bond donors (Lipinski definition) is 2. The average Bonchev–Trinajstić information content (AvgIpc) is 3.13. The van der Waals surface area contributed by atoms with Gasteiger partial charge in [-0.1, -0.05) is 12.1 Å². The third-order valence-electron chi connectivity index (χ3n) is 5.19. The van der Waals surface area contributed by atoms with Crippen LogP contribution in [0.5, 0.6) is 0 Å². The molecule has 0 fully saturated rings. The lowest BCUT2D eigenvalue weighted by atomic mass is 10.0. The predicted molar refractivity (Wildman–Crippen MR) is 120 cm³/mol. The first-order valence-corrected chi connectivity index (χ1v) is 9.88. The number of fused-ring (bicyclic) bond motifs is 3. The first kappa shape index (κ1) is 19.9. The van der Waals surface area contributed by atoms with Gasteiger partial charge in [-0.25, -0.2) is 4.98 Å². The quantitative estimate of drug-likeness (QED) is 0.492. The lowest BCUT2D eigenvalue weighted by Crippen LogP contribution is -2.09. The average molecular weight is 408 g/mol. The summed E-state index contributed by atoms with van der Waals surface area (Å²) in [5.74, 6) is 0.650. The van der Waals surface area contributed by atoms with Gasteiger partial charge in [0.15, 0.2) is 5.65 Å². The van der Waals surface area contributed by atoms with Crippen molar-refractivity contribution in [3.63, 3.8) is 0 Å². The van der Waals surface area contributed by atoms with Crippen molar-refractivity contribution in [2.45, 2.75) is 26.7 Å². The molecule has 0 aliphatic heterocycles. The van der Waals surface area contributed by atoms with Crippen LogP contribution < -0.4 is 10.6 Å². The number of amides is 1. The van der Waals surface area contributed by atoms with Gasteiger partial charge in [0.1, 0.15) is 11.9 Å². The molecule has 0 spiro atoms. The number of nitrogens with zero attached hydrogens (tertiary/aromatic N) is 4. The largest absolute Gasteiger partial charge is 0.341 e. The van der Waals surface area contributed by atoms with Crippen molar-refractivity contribution in [1.29, 1.82) is 10.5 Å². The number of benzene rings is 2. The molecule has 0 unspecified atom stereocenters. The summed E-state index contributed by atoms with van der Waals surface area (Å²) >= 11 is 0. The van der Waals surface area contributed by atoms with Gasteiger partial charge in [-0.2, -0.15) is 10.5 Å². The van der Waals surface area contributed by atoms with Crippen LogP contribution in [0.2, 0.25) is 0 Å². The summed E-state index contributed by atoms with van der Waals surface area (Å²) in [6, 6.07) is 19.6. The molecule has 0 aliphatic rings.